The van der Waals surface area contributed by atoms with Crippen LogP contribution in [0.1, 0.15) is 36.2 Å². The van der Waals surface area contributed by atoms with Crippen LogP contribution < -0.4 is 5.32 Å². The first-order valence-corrected chi connectivity index (χ1v) is 5.93. The van der Waals surface area contributed by atoms with Gasteiger partial charge in [-0.3, -0.25) is 9.78 Å². The lowest BCUT2D eigenvalue weighted by molar-refractivity contribution is 0.0875. The molecule has 1 aromatic rings. The standard InChI is InChI=1S/C13H18N2O/c1-14-11-7-5-10(6-8-11)13(16)12-4-2-3-9-15-12/h2-4,9-11,14H,5-8H2,1H3. The zero-order valence-corrected chi connectivity index (χ0v) is 9.65. The number of nitrogens with one attached hydrogen (secondary N) is 1. The first-order chi connectivity index (χ1) is 7.81. The van der Waals surface area contributed by atoms with Gasteiger partial charge in [0, 0.05) is 18.2 Å². The minimum atomic E-state index is 0.180. The first kappa shape index (κ1) is 11.3. The van der Waals surface area contributed by atoms with Crippen molar-refractivity contribution in [1.82, 2.24) is 10.3 Å². The van der Waals surface area contributed by atoms with Crippen molar-refractivity contribution >= 4 is 5.78 Å². The van der Waals surface area contributed by atoms with E-state index in [1.165, 1.54) is 0 Å². The Bertz CT molecular complexity index is 342. The van der Waals surface area contributed by atoms with Gasteiger partial charge in [0.05, 0.1) is 0 Å². The molecule has 2 rings (SSSR count). The summed E-state index contributed by atoms with van der Waals surface area (Å²) in [6.07, 6.45) is 5.85. The SMILES string of the molecule is CNC1CCC(C(=O)c2ccccn2)CC1. The van der Waals surface area contributed by atoms with Gasteiger partial charge >= 0.3 is 0 Å². The monoisotopic (exact) mass is 218 g/mol. The largest absolute Gasteiger partial charge is 0.317 e. The second-order valence-electron chi connectivity index (χ2n) is 4.42. The Kier molecular flexibility index (Phi) is 3.67. The highest BCUT2D eigenvalue weighted by molar-refractivity contribution is 5.96. The maximum absolute atomic E-state index is 12.1. The number of carbonyl (C=O) groups is 1. The smallest absolute Gasteiger partial charge is 0.184 e. The normalized spacial score (nSPS) is 25.3. The molecule has 0 atom stereocenters. The number of carbonyl (C=O) groups excluding carboxylic acids is 1. The van der Waals surface area contributed by atoms with Gasteiger partial charge in [-0.1, -0.05) is 6.07 Å². The van der Waals surface area contributed by atoms with E-state index >= 15 is 0 Å². The topological polar surface area (TPSA) is 42.0 Å². The van der Waals surface area contributed by atoms with Gasteiger partial charge in [0.1, 0.15) is 5.69 Å². The molecule has 1 fully saturated rings. The minimum absolute atomic E-state index is 0.180. The molecule has 1 aromatic heterocycles. The van der Waals surface area contributed by atoms with E-state index in [1.54, 1.807) is 6.20 Å². The molecule has 1 N–H and O–H groups in total. The van der Waals surface area contributed by atoms with E-state index in [1.807, 2.05) is 25.2 Å². The Morgan fingerprint density at radius 3 is 2.62 bits per heavy atom. The van der Waals surface area contributed by atoms with Crippen LogP contribution in [0.5, 0.6) is 0 Å². The molecule has 0 amide bonds. The van der Waals surface area contributed by atoms with Crippen molar-refractivity contribution in [3.05, 3.63) is 30.1 Å². The van der Waals surface area contributed by atoms with Crippen LogP contribution in [0.25, 0.3) is 0 Å². The zero-order chi connectivity index (χ0) is 11.4. The average molecular weight is 218 g/mol. The molecule has 0 aromatic carbocycles. The van der Waals surface area contributed by atoms with Crippen molar-refractivity contribution in [2.45, 2.75) is 31.7 Å². The Balaban J connectivity index is 1.97. The van der Waals surface area contributed by atoms with Crippen LogP contribution in [0.4, 0.5) is 0 Å². The van der Waals surface area contributed by atoms with Gasteiger partial charge in [0.15, 0.2) is 5.78 Å². The fourth-order valence-electron chi connectivity index (χ4n) is 2.36. The van der Waals surface area contributed by atoms with Crippen LogP contribution in [0.2, 0.25) is 0 Å². The van der Waals surface area contributed by atoms with E-state index in [-0.39, 0.29) is 11.7 Å². The number of rotatable bonds is 3. The lowest BCUT2D eigenvalue weighted by atomic mass is 9.82. The van der Waals surface area contributed by atoms with Crippen molar-refractivity contribution in [2.75, 3.05) is 7.05 Å². The van der Waals surface area contributed by atoms with Crippen LogP contribution in [-0.4, -0.2) is 23.9 Å². The summed E-state index contributed by atoms with van der Waals surface area (Å²) >= 11 is 0. The van der Waals surface area contributed by atoms with Crippen LogP contribution >= 0.6 is 0 Å². The molecule has 16 heavy (non-hydrogen) atoms. The maximum Gasteiger partial charge on any atom is 0.184 e. The van der Waals surface area contributed by atoms with Gasteiger partial charge in [0.25, 0.3) is 0 Å². The summed E-state index contributed by atoms with van der Waals surface area (Å²) in [7, 11) is 1.99. The molecule has 1 heterocycles. The van der Waals surface area contributed by atoms with Gasteiger partial charge in [-0.05, 0) is 44.9 Å². The summed E-state index contributed by atoms with van der Waals surface area (Å²) in [5.74, 6) is 0.398. The molecule has 1 aliphatic rings. The number of Topliss-reactive ketones (excluding diaryl/α,β-unsaturated/α-hetero) is 1. The highest BCUT2D eigenvalue weighted by Crippen LogP contribution is 2.26. The van der Waals surface area contributed by atoms with E-state index < -0.39 is 0 Å². The second-order valence-corrected chi connectivity index (χ2v) is 4.42. The van der Waals surface area contributed by atoms with Gasteiger partial charge < -0.3 is 5.32 Å². The lowest BCUT2D eigenvalue weighted by Gasteiger charge is -2.26. The number of pyridine rings is 1. The molecule has 0 unspecified atom stereocenters. The molecular weight excluding hydrogens is 200 g/mol. The van der Waals surface area contributed by atoms with E-state index in [4.69, 9.17) is 0 Å². The van der Waals surface area contributed by atoms with E-state index in [2.05, 4.69) is 10.3 Å². The third kappa shape index (κ3) is 2.47. The molecular formula is C13H18N2O. The molecule has 0 saturated heterocycles. The third-order valence-electron chi connectivity index (χ3n) is 3.42. The van der Waals surface area contributed by atoms with Crippen molar-refractivity contribution in [3.63, 3.8) is 0 Å². The summed E-state index contributed by atoms with van der Waals surface area (Å²) in [5.41, 5.74) is 0.621. The van der Waals surface area contributed by atoms with Crippen molar-refractivity contribution in [2.24, 2.45) is 5.92 Å². The molecule has 86 valence electrons. The van der Waals surface area contributed by atoms with Gasteiger partial charge in [-0.15, -0.1) is 0 Å². The van der Waals surface area contributed by atoms with E-state index in [0.717, 1.165) is 25.7 Å². The quantitative estimate of drug-likeness (QED) is 0.789. The van der Waals surface area contributed by atoms with Crippen LogP contribution in [-0.2, 0) is 0 Å². The molecule has 3 heteroatoms. The Morgan fingerprint density at radius 1 is 1.31 bits per heavy atom. The fourth-order valence-corrected chi connectivity index (χ4v) is 2.36. The Morgan fingerprint density at radius 2 is 2.06 bits per heavy atom. The third-order valence-corrected chi connectivity index (χ3v) is 3.42. The van der Waals surface area contributed by atoms with Gasteiger partial charge in [0.2, 0.25) is 0 Å². The maximum atomic E-state index is 12.1. The van der Waals surface area contributed by atoms with Crippen molar-refractivity contribution in [3.8, 4) is 0 Å². The van der Waals surface area contributed by atoms with Crippen LogP contribution in [0.15, 0.2) is 24.4 Å². The van der Waals surface area contributed by atoms with Crippen LogP contribution in [0.3, 0.4) is 0 Å². The van der Waals surface area contributed by atoms with Crippen LogP contribution in [0, 0.1) is 5.92 Å². The number of nitrogens with zero attached hydrogens (tertiary/aromatic N) is 1. The molecule has 0 bridgehead atoms. The van der Waals surface area contributed by atoms with Crippen molar-refractivity contribution in [1.29, 1.82) is 0 Å². The van der Waals surface area contributed by atoms with Crippen molar-refractivity contribution < 1.29 is 4.79 Å². The molecule has 1 saturated carbocycles. The van der Waals surface area contributed by atoms with E-state index in [9.17, 15) is 4.79 Å². The molecule has 3 nitrogen and oxygen atoms in total. The molecule has 0 spiro atoms. The fraction of sp³-hybridized carbons (Fsp3) is 0.538. The molecule has 0 radical (unpaired) electrons. The molecule has 1 aliphatic carbocycles. The summed E-state index contributed by atoms with van der Waals surface area (Å²) in [6.45, 7) is 0. The minimum Gasteiger partial charge on any atom is -0.317 e. The summed E-state index contributed by atoms with van der Waals surface area (Å²) in [4.78, 5) is 16.2. The summed E-state index contributed by atoms with van der Waals surface area (Å²) < 4.78 is 0. The Labute approximate surface area is 96.3 Å². The summed E-state index contributed by atoms with van der Waals surface area (Å²) in [6, 6.07) is 6.12. The zero-order valence-electron chi connectivity index (χ0n) is 9.65. The van der Waals surface area contributed by atoms with Gasteiger partial charge in [-0.25, -0.2) is 0 Å². The average Bonchev–Trinajstić information content (AvgIpc) is 2.39. The number of ketones is 1. The number of aromatic nitrogens is 1. The predicted octanol–water partition coefficient (Wildman–Crippen LogP) is 2.04. The second kappa shape index (κ2) is 5.21. The molecule has 0 aliphatic heterocycles. The number of hydrogen-bond acceptors (Lipinski definition) is 3. The van der Waals surface area contributed by atoms with E-state index in [0.29, 0.717) is 11.7 Å². The highest BCUT2D eigenvalue weighted by Gasteiger charge is 2.26. The highest BCUT2D eigenvalue weighted by atomic mass is 16.1. The Hall–Kier alpha value is -1.22. The predicted molar refractivity (Wildman–Crippen MR) is 63.4 cm³/mol. The lowest BCUT2D eigenvalue weighted by Crippen LogP contribution is -2.32. The number of hydrogen-bond donors (Lipinski definition) is 1. The van der Waals surface area contributed by atoms with Gasteiger partial charge in [-0.2, -0.15) is 0 Å². The summed E-state index contributed by atoms with van der Waals surface area (Å²) in [5, 5.41) is 3.28. The first-order valence-electron chi connectivity index (χ1n) is 5.93.